The fourth-order valence-electron chi connectivity index (χ4n) is 3.66. The van der Waals surface area contributed by atoms with Crippen molar-refractivity contribution in [3.63, 3.8) is 0 Å². The lowest BCUT2D eigenvalue weighted by molar-refractivity contribution is -0.115. The Morgan fingerprint density at radius 1 is 1.30 bits per heavy atom. The largest absolute Gasteiger partial charge is 0.497 e. The monoisotopic (exact) mass is 486 g/mol. The lowest BCUT2D eigenvalue weighted by atomic mass is 10.2. The number of amides is 1. The molecule has 0 radical (unpaired) electrons. The number of rotatable bonds is 8. The molecule has 3 aromatic rings. The van der Waals surface area contributed by atoms with Crippen molar-refractivity contribution >= 4 is 35.0 Å². The minimum atomic E-state index is -0.389. The van der Waals surface area contributed by atoms with Gasteiger partial charge in [0.25, 0.3) is 0 Å². The number of hydrogen-bond acceptors (Lipinski definition) is 6. The number of benzene rings is 2. The predicted molar refractivity (Wildman–Crippen MR) is 131 cm³/mol. The van der Waals surface area contributed by atoms with Gasteiger partial charge >= 0.3 is 0 Å². The Hall–Kier alpha value is -2.55. The predicted octanol–water partition coefficient (Wildman–Crippen LogP) is 5.21. The molecule has 9 heteroatoms. The molecule has 1 fully saturated rings. The summed E-state index contributed by atoms with van der Waals surface area (Å²) < 4.78 is 13.2. The van der Waals surface area contributed by atoms with Gasteiger partial charge in [-0.1, -0.05) is 29.4 Å². The van der Waals surface area contributed by atoms with Crippen molar-refractivity contribution < 1.29 is 14.3 Å². The Morgan fingerprint density at radius 2 is 2.09 bits per heavy atom. The average Bonchev–Trinajstić information content (AvgIpc) is 3.47. The third-order valence-corrected chi connectivity index (χ3v) is 6.90. The second kappa shape index (κ2) is 10.6. The van der Waals surface area contributed by atoms with E-state index in [0.717, 1.165) is 42.1 Å². The van der Waals surface area contributed by atoms with Gasteiger partial charge in [-0.2, -0.15) is 0 Å². The molecule has 1 aromatic heterocycles. The van der Waals surface area contributed by atoms with Crippen molar-refractivity contribution in [3.05, 3.63) is 53.1 Å². The van der Waals surface area contributed by atoms with Gasteiger partial charge in [0.2, 0.25) is 5.91 Å². The van der Waals surface area contributed by atoms with E-state index < -0.39 is 0 Å². The third kappa shape index (κ3) is 5.69. The summed E-state index contributed by atoms with van der Waals surface area (Å²) in [4.78, 5) is 12.9. The van der Waals surface area contributed by atoms with Gasteiger partial charge in [-0.3, -0.25) is 9.36 Å². The van der Waals surface area contributed by atoms with Crippen LogP contribution in [-0.2, 0) is 16.1 Å². The molecule has 1 aliphatic heterocycles. The van der Waals surface area contributed by atoms with E-state index >= 15 is 0 Å². The SMILES string of the molecule is COc1ccc(-c2nnc(SC(C)C(=O)Nc3cc(Cl)ccc3C)n2CC2CCCO2)cc1. The van der Waals surface area contributed by atoms with Crippen LogP contribution in [0.4, 0.5) is 5.69 Å². The lowest BCUT2D eigenvalue weighted by Crippen LogP contribution is -2.24. The number of aromatic nitrogens is 3. The fraction of sp³-hybridized carbons (Fsp3) is 0.375. The van der Waals surface area contributed by atoms with Crippen molar-refractivity contribution in [3.8, 4) is 17.1 Å². The molecule has 1 amide bonds. The van der Waals surface area contributed by atoms with Gasteiger partial charge in [0.15, 0.2) is 11.0 Å². The first-order valence-corrected chi connectivity index (χ1v) is 12.1. The summed E-state index contributed by atoms with van der Waals surface area (Å²) in [5, 5.41) is 12.7. The minimum absolute atomic E-state index is 0.107. The molecule has 4 rings (SSSR count). The molecular weight excluding hydrogens is 460 g/mol. The number of methoxy groups -OCH3 is 1. The van der Waals surface area contributed by atoms with E-state index in [1.165, 1.54) is 11.8 Å². The minimum Gasteiger partial charge on any atom is -0.497 e. The van der Waals surface area contributed by atoms with Gasteiger partial charge in [-0.05, 0) is 68.7 Å². The van der Waals surface area contributed by atoms with E-state index in [2.05, 4.69) is 20.1 Å². The lowest BCUT2D eigenvalue weighted by Gasteiger charge is -2.17. The smallest absolute Gasteiger partial charge is 0.237 e. The van der Waals surface area contributed by atoms with Gasteiger partial charge in [-0.25, -0.2) is 0 Å². The Balaban J connectivity index is 1.55. The molecule has 1 N–H and O–H groups in total. The zero-order valence-electron chi connectivity index (χ0n) is 18.9. The van der Waals surface area contributed by atoms with E-state index in [9.17, 15) is 4.79 Å². The molecule has 7 nitrogen and oxygen atoms in total. The van der Waals surface area contributed by atoms with E-state index in [1.54, 1.807) is 19.2 Å². The van der Waals surface area contributed by atoms with Gasteiger partial charge in [0, 0.05) is 22.9 Å². The number of aryl methyl sites for hydroxylation is 1. The van der Waals surface area contributed by atoms with Crippen molar-refractivity contribution in [2.45, 2.75) is 49.7 Å². The molecule has 1 saturated heterocycles. The van der Waals surface area contributed by atoms with Crippen LogP contribution in [0.3, 0.4) is 0 Å². The maximum Gasteiger partial charge on any atom is 0.237 e. The number of thioether (sulfide) groups is 1. The van der Waals surface area contributed by atoms with Crippen LogP contribution in [0.25, 0.3) is 11.4 Å². The number of nitrogens with zero attached hydrogens (tertiary/aromatic N) is 3. The second-order valence-corrected chi connectivity index (χ2v) is 9.73. The van der Waals surface area contributed by atoms with Crippen molar-refractivity contribution in [2.24, 2.45) is 0 Å². The summed E-state index contributed by atoms with van der Waals surface area (Å²) in [5.74, 6) is 1.40. The first-order chi connectivity index (χ1) is 15.9. The zero-order valence-corrected chi connectivity index (χ0v) is 20.4. The summed E-state index contributed by atoms with van der Waals surface area (Å²) in [6, 6.07) is 13.2. The Morgan fingerprint density at radius 3 is 2.79 bits per heavy atom. The molecule has 0 bridgehead atoms. The number of nitrogens with one attached hydrogen (secondary N) is 1. The summed E-state index contributed by atoms with van der Waals surface area (Å²) in [5.41, 5.74) is 2.59. The maximum absolute atomic E-state index is 12.9. The maximum atomic E-state index is 12.9. The topological polar surface area (TPSA) is 78.3 Å². The van der Waals surface area contributed by atoms with Gasteiger partial charge < -0.3 is 14.8 Å². The normalized spacial score (nSPS) is 16.5. The standard InChI is InChI=1S/C24H27ClN4O3S/c1-15-6-9-18(25)13-21(15)26-23(30)16(2)33-24-28-27-22(17-7-10-19(31-3)11-8-17)29(24)14-20-5-4-12-32-20/h6-11,13,16,20H,4-5,12,14H2,1-3H3,(H,26,30). The zero-order chi connectivity index (χ0) is 23.4. The molecular formula is C24H27ClN4O3S. The van der Waals surface area contributed by atoms with Crippen LogP contribution in [0, 0.1) is 6.92 Å². The van der Waals surface area contributed by atoms with Crippen LogP contribution in [0.2, 0.25) is 5.02 Å². The van der Waals surface area contributed by atoms with Gasteiger partial charge in [0.1, 0.15) is 5.75 Å². The van der Waals surface area contributed by atoms with Crippen LogP contribution in [-0.4, -0.2) is 45.7 Å². The molecule has 0 saturated carbocycles. The highest BCUT2D eigenvalue weighted by Crippen LogP contribution is 2.30. The van der Waals surface area contributed by atoms with Crippen molar-refractivity contribution in [1.29, 1.82) is 0 Å². The quantitative estimate of drug-likeness (QED) is 0.440. The summed E-state index contributed by atoms with van der Waals surface area (Å²) in [6.45, 7) is 5.20. The van der Waals surface area contributed by atoms with Crippen molar-refractivity contribution in [2.75, 3.05) is 19.0 Å². The molecule has 1 aliphatic rings. The summed E-state index contributed by atoms with van der Waals surface area (Å²) >= 11 is 7.47. The van der Waals surface area contributed by atoms with Crippen molar-refractivity contribution in [1.82, 2.24) is 14.8 Å². The Kier molecular flexibility index (Phi) is 7.57. The van der Waals surface area contributed by atoms with E-state index in [0.29, 0.717) is 22.4 Å². The highest BCUT2D eigenvalue weighted by Gasteiger charge is 2.25. The van der Waals surface area contributed by atoms with E-state index in [1.807, 2.05) is 44.2 Å². The molecule has 0 spiro atoms. The number of hydrogen-bond donors (Lipinski definition) is 1. The van der Waals surface area contributed by atoms with Gasteiger partial charge in [-0.15, -0.1) is 10.2 Å². The number of halogens is 1. The highest BCUT2D eigenvalue weighted by molar-refractivity contribution is 8.00. The van der Waals surface area contributed by atoms with Crippen LogP contribution >= 0.6 is 23.4 Å². The number of ether oxygens (including phenoxy) is 2. The third-order valence-electron chi connectivity index (χ3n) is 5.58. The Labute approximate surface area is 202 Å². The molecule has 2 heterocycles. The highest BCUT2D eigenvalue weighted by atomic mass is 35.5. The number of carbonyl (C=O) groups is 1. The van der Waals surface area contributed by atoms with Crippen LogP contribution in [0.5, 0.6) is 5.75 Å². The fourth-order valence-corrected chi connectivity index (χ4v) is 4.69. The summed E-state index contributed by atoms with van der Waals surface area (Å²) in [6.07, 6.45) is 2.15. The molecule has 2 atom stereocenters. The number of carbonyl (C=O) groups excluding carboxylic acids is 1. The first-order valence-electron chi connectivity index (χ1n) is 10.9. The van der Waals surface area contributed by atoms with Crippen LogP contribution in [0.1, 0.15) is 25.3 Å². The van der Waals surface area contributed by atoms with E-state index in [4.69, 9.17) is 21.1 Å². The van der Waals surface area contributed by atoms with Crippen LogP contribution < -0.4 is 10.1 Å². The Bertz CT molecular complexity index is 1110. The molecule has 2 aromatic carbocycles. The molecule has 174 valence electrons. The summed E-state index contributed by atoms with van der Waals surface area (Å²) in [7, 11) is 1.64. The molecule has 33 heavy (non-hydrogen) atoms. The number of anilines is 1. The van der Waals surface area contributed by atoms with Gasteiger partial charge in [0.05, 0.1) is 25.0 Å². The van der Waals surface area contributed by atoms with E-state index in [-0.39, 0.29) is 17.3 Å². The average molecular weight is 487 g/mol. The first kappa shape index (κ1) is 23.6. The van der Waals surface area contributed by atoms with Crippen LogP contribution in [0.15, 0.2) is 47.6 Å². The second-order valence-electron chi connectivity index (χ2n) is 7.99. The molecule has 2 unspecified atom stereocenters. The molecule has 0 aliphatic carbocycles.